The van der Waals surface area contributed by atoms with E-state index < -0.39 is 18.1 Å². The van der Waals surface area contributed by atoms with E-state index in [2.05, 4.69) is 15.7 Å². The number of aromatic nitrogens is 2. The van der Waals surface area contributed by atoms with Gasteiger partial charge in [0.1, 0.15) is 11.4 Å². The zero-order valence-corrected chi connectivity index (χ0v) is 10.6. The summed E-state index contributed by atoms with van der Waals surface area (Å²) in [6.45, 7) is 3.72. The number of rotatable bonds is 2. The first-order valence-electron chi connectivity index (χ1n) is 5.99. The number of carbonyl (C=O) groups excluding carboxylic acids is 1. The van der Waals surface area contributed by atoms with Crippen LogP contribution in [0.3, 0.4) is 0 Å². The van der Waals surface area contributed by atoms with Crippen LogP contribution in [0, 0.1) is 0 Å². The molecule has 2 N–H and O–H groups in total. The largest absolute Gasteiger partial charge is 0.410 e. The highest BCUT2D eigenvalue weighted by Crippen LogP contribution is 2.38. The van der Waals surface area contributed by atoms with Crippen molar-refractivity contribution in [2.45, 2.75) is 38.5 Å². The van der Waals surface area contributed by atoms with Crippen molar-refractivity contribution in [3.63, 3.8) is 0 Å². The van der Waals surface area contributed by atoms with Crippen LogP contribution in [0.15, 0.2) is 6.20 Å². The van der Waals surface area contributed by atoms with E-state index in [0.717, 1.165) is 4.68 Å². The van der Waals surface area contributed by atoms with Crippen LogP contribution in [0.1, 0.15) is 36.7 Å². The maximum atomic E-state index is 12.9. The molecule has 1 atom stereocenters. The van der Waals surface area contributed by atoms with E-state index in [4.69, 9.17) is 0 Å². The summed E-state index contributed by atoms with van der Waals surface area (Å²) in [5.41, 5.74) is 0.141. The molecule has 2 heterocycles. The van der Waals surface area contributed by atoms with E-state index in [-0.39, 0.29) is 30.4 Å². The minimum absolute atomic E-state index is 0.0925. The number of halogens is 3. The molecule has 0 aromatic carbocycles. The Hall–Kier alpha value is -1.73. The summed E-state index contributed by atoms with van der Waals surface area (Å²) in [5.74, 6) is -0.293. The summed E-state index contributed by atoms with van der Waals surface area (Å²) >= 11 is 0. The maximum Gasteiger partial charge on any atom is 0.410 e. The number of carbonyl (C=O) groups is 1. The van der Waals surface area contributed by atoms with Gasteiger partial charge in [-0.2, -0.15) is 18.3 Å². The Morgan fingerprint density at radius 2 is 2.26 bits per heavy atom. The molecule has 0 aliphatic carbocycles. The summed E-state index contributed by atoms with van der Waals surface area (Å²) in [5, 5.41) is 9.15. The van der Waals surface area contributed by atoms with Crippen LogP contribution in [0.25, 0.3) is 0 Å². The highest BCUT2D eigenvalue weighted by Gasteiger charge is 2.44. The minimum Gasteiger partial charge on any atom is -0.370 e. The lowest BCUT2D eigenvalue weighted by molar-refractivity contribution is -0.171. The summed E-state index contributed by atoms with van der Waals surface area (Å²) in [6.07, 6.45) is -3.29. The van der Waals surface area contributed by atoms with Crippen molar-refractivity contribution >= 4 is 11.7 Å². The first-order valence-corrected chi connectivity index (χ1v) is 5.99. The van der Waals surface area contributed by atoms with Crippen LogP contribution >= 0.6 is 0 Å². The van der Waals surface area contributed by atoms with Crippen molar-refractivity contribution in [2.24, 2.45) is 0 Å². The van der Waals surface area contributed by atoms with Crippen LogP contribution < -0.4 is 10.6 Å². The Morgan fingerprint density at radius 3 is 2.84 bits per heavy atom. The molecule has 0 spiro atoms. The Bertz CT molecular complexity index is 481. The van der Waals surface area contributed by atoms with Crippen LogP contribution in [0.4, 0.5) is 19.0 Å². The van der Waals surface area contributed by atoms with Crippen molar-refractivity contribution in [3.8, 4) is 0 Å². The highest BCUT2D eigenvalue weighted by atomic mass is 19.4. The Labute approximate surface area is 108 Å². The topological polar surface area (TPSA) is 59.0 Å². The third kappa shape index (κ3) is 2.66. The molecule has 5 nitrogen and oxygen atoms in total. The minimum atomic E-state index is -4.37. The number of nitrogens with zero attached hydrogens (tertiary/aromatic N) is 2. The summed E-state index contributed by atoms with van der Waals surface area (Å²) in [6, 6.07) is -1.77. The number of nitrogens with one attached hydrogen (secondary N) is 2. The molecule has 1 amide bonds. The number of anilines is 1. The molecule has 1 unspecified atom stereocenters. The maximum absolute atomic E-state index is 12.9. The van der Waals surface area contributed by atoms with Gasteiger partial charge in [0, 0.05) is 12.6 Å². The number of fused-ring (bicyclic) bond motifs is 1. The van der Waals surface area contributed by atoms with E-state index in [1.807, 2.05) is 0 Å². The van der Waals surface area contributed by atoms with Gasteiger partial charge in [0.15, 0.2) is 6.04 Å². The molecule has 2 rings (SSSR count). The van der Waals surface area contributed by atoms with Crippen LogP contribution in [0.2, 0.25) is 0 Å². The molecule has 0 saturated carbocycles. The zero-order chi connectivity index (χ0) is 14.2. The van der Waals surface area contributed by atoms with Gasteiger partial charge in [0.25, 0.3) is 5.91 Å². The first-order chi connectivity index (χ1) is 8.80. The van der Waals surface area contributed by atoms with E-state index in [1.54, 1.807) is 13.8 Å². The van der Waals surface area contributed by atoms with Crippen molar-refractivity contribution in [2.75, 3.05) is 11.9 Å². The third-order valence-electron chi connectivity index (χ3n) is 2.84. The van der Waals surface area contributed by atoms with Crippen LogP contribution in [-0.4, -0.2) is 34.5 Å². The lowest BCUT2D eigenvalue weighted by Crippen LogP contribution is -2.35. The fourth-order valence-corrected chi connectivity index (χ4v) is 2.03. The monoisotopic (exact) mass is 276 g/mol. The van der Waals surface area contributed by atoms with Crippen molar-refractivity contribution in [1.82, 2.24) is 15.1 Å². The van der Waals surface area contributed by atoms with Crippen LogP contribution in [0.5, 0.6) is 0 Å². The molecule has 1 aromatic heterocycles. The highest BCUT2D eigenvalue weighted by molar-refractivity contribution is 5.98. The third-order valence-corrected chi connectivity index (χ3v) is 2.84. The number of amides is 1. The van der Waals surface area contributed by atoms with Gasteiger partial charge in [-0.05, 0) is 20.3 Å². The lowest BCUT2D eigenvalue weighted by Gasteiger charge is -2.27. The average molecular weight is 276 g/mol. The second kappa shape index (κ2) is 4.75. The van der Waals surface area contributed by atoms with Gasteiger partial charge in [-0.3, -0.25) is 4.79 Å². The molecule has 1 aliphatic rings. The molecule has 0 fully saturated rings. The predicted octanol–water partition coefficient (Wildman–Crippen LogP) is 1.94. The van der Waals surface area contributed by atoms with Gasteiger partial charge in [-0.1, -0.05) is 0 Å². The molecular formula is C11H15F3N4O. The van der Waals surface area contributed by atoms with Gasteiger partial charge in [-0.15, -0.1) is 0 Å². The van der Waals surface area contributed by atoms with Crippen LogP contribution in [-0.2, 0) is 0 Å². The van der Waals surface area contributed by atoms with Crippen molar-refractivity contribution in [3.05, 3.63) is 11.8 Å². The predicted molar refractivity (Wildman–Crippen MR) is 63.0 cm³/mol. The van der Waals surface area contributed by atoms with Gasteiger partial charge in [0.2, 0.25) is 0 Å². The van der Waals surface area contributed by atoms with Gasteiger partial charge < -0.3 is 10.6 Å². The second-order valence-corrected chi connectivity index (χ2v) is 4.75. The van der Waals surface area contributed by atoms with Gasteiger partial charge >= 0.3 is 6.18 Å². The molecular weight excluding hydrogens is 261 g/mol. The lowest BCUT2D eigenvalue weighted by atomic mass is 10.1. The molecule has 0 saturated heterocycles. The second-order valence-electron chi connectivity index (χ2n) is 4.75. The molecule has 1 aliphatic heterocycles. The van der Waals surface area contributed by atoms with Gasteiger partial charge in [0.05, 0.1) is 6.20 Å². The molecule has 19 heavy (non-hydrogen) atoms. The Morgan fingerprint density at radius 1 is 1.58 bits per heavy atom. The average Bonchev–Trinajstić information content (AvgIpc) is 2.69. The molecule has 8 heteroatoms. The van der Waals surface area contributed by atoms with Gasteiger partial charge in [-0.25, -0.2) is 4.68 Å². The van der Waals surface area contributed by atoms with E-state index in [9.17, 15) is 18.0 Å². The number of hydrogen-bond donors (Lipinski definition) is 2. The fourth-order valence-electron chi connectivity index (χ4n) is 2.03. The molecule has 1 aromatic rings. The molecule has 106 valence electrons. The first kappa shape index (κ1) is 13.7. The zero-order valence-electron chi connectivity index (χ0n) is 10.6. The van der Waals surface area contributed by atoms with E-state index in [1.165, 1.54) is 6.20 Å². The number of alkyl halides is 3. The number of hydrogen-bond acceptors (Lipinski definition) is 3. The summed E-state index contributed by atoms with van der Waals surface area (Å²) in [4.78, 5) is 11.9. The fraction of sp³-hybridized carbons (Fsp3) is 0.636. The molecule has 0 bridgehead atoms. The quantitative estimate of drug-likeness (QED) is 0.868. The van der Waals surface area contributed by atoms with Crippen molar-refractivity contribution < 1.29 is 18.0 Å². The summed E-state index contributed by atoms with van der Waals surface area (Å²) in [7, 11) is 0. The SMILES string of the molecule is CC(C)NC(=O)c1cnn2c1NCCC2C(F)(F)F. The van der Waals surface area contributed by atoms with E-state index in [0.29, 0.717) is 0 Å². The standard InChI is InChI=1S/C11H15F3N4O/c1-6(2)17-10(19)7-5-16-18-8(11(12,13)14)3-4-15-9(7)18/h5-6,8,15H,3-4H2,1-2H3,(H,17,19). The Kier molecular flexibility index (Phi) is 3.42. The Balaban J connectivity index is 2.32. The normalized spacial score (nSPS) is 18.9. The van der Waals surface area contributed by atoms with Crippen molar-refractivity contribution in [1.29, 1.82) is 0 Å². The van der Waals surface area contributed by atoms with E-state index >= 15 is 0 Å². The smallest absolute Gasteiger partial charge is 0.370 e. The summed E-state index contributed by atoms with van der Waals surface area (Å²) < 4.78 is 39.4. The molecule has 0 radical (unpaired) electrons.